The Morgan fingerprint density at radius 1 is 1.16 bits per heavy atom. The number of oxazole rings is 1. The molecule has 1 saturated heterocycles. The van der Waals surface area contributed by atoms with Crippen LogP contribution in [0.25, 0.3) is 0 Å². The van der Waals surface area contributed by atoms with Crippen molar-refractivity contribution in [2.24, 2.45) is 5.92 Å². The Morgan fingerprint density at radius 3 is 2.65 bits per heavy atom. The van der Waals surface area contributed by atoms with Crippen molar-refractivity contribution >= 4 is 5.91 Å². The molecule has 4 rings (SSSR count). The first-order chi connectivity index (χ1) is 15.1. The van der Waals surface area contributed by atoms with Gasteiger partial charge in [0.05, 0.1) is 5.69 Å². The first-order valence-corrected chi connectivity index (χ1v) is 11.0. The van der Waals surface area contributed by atoms with E-state index in [0.29, 0.717) is 30.5 Å². The minimum Gasteiger partial charge on any atom is -0.438 e. The van der Waals surface area contributed by atoms with Crippen LogP contribution in [-0.4, -0.2) is 45.3 Å². The highest BCUT2D eigenvalue weighted by atomic mass is 16.3. The smallest absolute Gasteiger partial charge is 0.291 e. The maximum absolute atomic E-state index is 13.2. The summed E-state index contributed by atoms with van der Waals surface area (Å²) in [5.41, 5.74) is 4.40. The molecule has 0 atom stereocenters. The zero-order valence-corrected chi connectivity index (χ0v) is 18.3. The van der Waals surface area contributed by atoms with Crippen LogP contribution in [0.5, 0.6) is 0 Å². The summed E-state index contributed by atoms with van der Waals surface area (Å²) in [4.78, 5) is 25.9. The topological polar surface area (TPSA) is 62.5 Å². The van der Waals surface area contributed by atoms with E-state index >= 15 is 0 Å². The fraction of sp³-hybridized carbons (Fsp3) is 0.400. The Bertz CT molecular complexity index is 994. The molecular formula is C25H30N4O2. The molecule has 1 aliphatic rings. The van der Waals surface area contributed by atoms with E-state index in [4.69, 9.17) is 4.42 Å². The third-order valence-electron chi connectivity index (χ3n) is 6.16. The molecule has 0 bridgehead atoms. The van der Waals surface area contributed by atoms with Crippen molar-refractivity contribution in [3.8, 4) is 0 Å². The van der Waals surface area contributed by atoms with Crippen LogP contribution in [0.3, 0.4) is 0 Å². The van der Waals surface area contributed by atoms with E-state index in [-0.39, 0.29) is 5.91 Å². The molecule has 162 valence electrons. The van der Waals surface area contributed by atoms with Crippen molar-refractivity contribution < 1.29 is 9.21 Å². The van der Waals surface area contributed by atoms with Gasteiger partial charge >= 0.3 is 0 Å². The molecule has 0 spiro atoms. The van der Waals surface area contributed by atoms with Gasteiger partial charge in [0, 0.05) is 32.0 Å². The van der Waals surface area contributed by atoms with E-state index in [1.165, 1.54) is 17.5 Å². The van der Waals surface area contributed by atoms with Gasteiger partial charge < -0.3 is 9.32 Å². The molecule has 1 amide bonds. The van der Waals surface area contributed by atoms with Crippen LogP contribution in [0.4, 0.5) is 0 Å². The van der Waals surface area contributed by atoms with Crippen LogP contribution >= 0.6 is 0 Å². The minimum absolute atomic E-state index is 0.0961. The lowest BCUT2D eigenvalue weighted by molar-refractivity contribution is 0.0639. The number of rotatable bonds is 7. The van der Waals surface area contributed by atoms with E-state index in [0.717, 1.165) is 38.0 Å². The van der Waals surface area contributed by atoms with E-state index < -0.39 is 0 Å². The number of benzene rings is 1. The molecule has 6 heteroatoms. The van der Waals surface area contributed by atoms with Crippen LogP contribution < -0.4 is 0 Å². The highest BCUT2D eigenvalue weighted by molar-refractivity contribution is 5.92. The molecule has 6 nitrogen and oxygen atoms in total. The van der Waals surface area contributed by atoms with Crippen molar-refractivity contribution in [3.63, 3.8) is 0 Å². The largest absolute Gasteiger partial charge is 0.438 e. The van der Waals surface area contributed by atoms with Gasteiger partial charge in [0.1, 0.15) is 0 Å². The first-order valence-electron chi connectivity index (χ1n) is 11.0. The summed E-state index contributed by atoms with van der Waals surface area (Å²) in [6, 6.07) is 12.5. The molecule has 0 unspecified atom stereocenters. The summed E-state index contributed by atoms with van der Waals surface area (Å²) in [6.07, 6.45) is 7.07. The van der Waals surface area contributed by atoms with Gasteiger partial charge in [-0.1, -0.05) is 30.3 Å². The number of carbonyl (C=O) groups excluding carboxylic acids is 1. The average Bonchev–Trinajstić information content (AvgIpc) is 3.22. The highest BCUT2D eigenvalue weighted by Crippen LogP contribution is 2.23. The third kappa shape index (κ3) is 5.39. The molecule has 0 radical (unpaired) electrons. The lowest BCUT2D eigenvalue weighted by Gasteiger charge is -2.35. The number of pyridine rings is 1. The summed E-state index contributed by atoms with van der Waals surface area (Å²) in [7, 11) is 0. The predicted molar refractivity (Wildman–Crippen MR) is 119 cm³/mol. The monoisotopic (exact) mass is 418 g/mol. The van der Waals surface area contributed by atoms with Crippen molar-refractivity contribution in [3.05, 3.63) is 83.3 Å². The third-order valence-corrected chi connectivity index (χ3v) is 6.16. The van der Waals surface area contributed by atoms with Crippen molar-refractivity contribution in [2.45, 2.75) is 39.8 Å². The number of likely N-dealkylation sites (tertiary alicyclic amines) is 1. The van der Waals surface area contributed by atoms with Gasteiger partial charge in [0.25, 0.3) is 5.91 Å². The number of nitrogens with zero attached hydrogens (tertiary/aromatic N) is 4. The molecule has 1 fully saturated rings. The number of hydrogen-bond acceptors (Lipinski definition) is 5. The lowest BCUT2D eigenvalue weighted by atomic mass is 9.95. The summed E-state index contributed by atoms with van der Waals surface area (Å²) >= 11 is 0. The summed E-state index contributed by atoms with van der Waals surface area (Å²) < 4.78 is 5.40. The van der Waals surface area contributed by atoms with Gasteiger partial charge in [-0.15, -0.1) is 0 Å². The standard InChI is InChI=1S/C25H30N4O2/c1-19-6-3-4-8-23(19)17-28-12-9-21(10-13-28)15-29(16-22-7-5-11-26-14-22)25(30)24-20(2)27-18-31-24/h3-8,11,14,18,21H,9-10,12-13,15-17H2,1-2H3. The van der Waals surface area contributed by atoms with Crippen LogP contribution in [0.15, 0.2) is 59.6 Å². The zero-order valence-electron chi connectivity index (χ0n) is 18.3. The second-order valence-corrected chi connectivity index (χ2v) is 8.46. The Kier molecular flexibility index (Phi) is 6.77. The Morgan fingerprint density at radius 2 is 1.97 bits per heavy atom. The zero-order chi connectivity index (χ0) is 21.6. The second-order valence-electron chi connectivity index (χ2n) is 8.46. The van der Waals surface area contributed by atoms with E-state index in [2.05, 4.69) is 46.1 Å². The average molecular weight is 419 g/mol. The molecule has 0 saturated carbocycles. The summed E-state index contributed by atoms with van der Waals surface area (Å²) in [5.74, 6) is 0.707. The van der Waals surface area contributed by atoms with Gasteiger partial charge in [-0.25, -0.2) is 4.98 Å². The van der Waals surface area contributed by atoms with Crippen molar-refractivity contribution in [2.75, 3.05) is 19.6 Å². The van der Waals surface area contributed by atoms with Crippen LogP contribution in [-0.2, 0) is 13.1 Å². The fourth-order valence-electron chi connectivity index (χ4n) is 4.25. The SMILES string of the molecule is Cc1ccccc1CN1CCC(CN(Cc2cccnc2)C(=O)c2ocnc2C)CC1. The molecule has 0 N–H and O–H groups in total. The summed E-state index contributed by atoms with van der Waals surface area (Å²) in [6.45, 7) is 8.32. The number of hydrogen-bond donors (Lipinski definition) is 0. The Balaban J connectivity index is 1.40. The molecule has 3 heterocycles. The van der Waals surface area contributed by atoms with E-state index in [1.807, 2.05) is 30.2 Å². The molecule has 0 aliphatic carbocycles. The fourth-order valence-corrected chi connectivity index (χ4v) is 4.25. The van der Waals surface area contributed by atoms with Crippen LogP contribution in [0.2, 0.25) is 0 Å². The Labute approximate surface area is 183 Å². The van der Waals surface area contributed by atoms with Crippen LogP contribution in [0, 0.1) is 19.8 Å². The Hall–Kier alpha value is -2.99. The predicted octanol–water partition coefficient (Wildman–Crippen LogP) is 4.24. The highest BCUT2D eigenvalue weighted by Gasteiger charge is 2.27. The van der Waals surface area contributed by atoms with E-state index in [1.54, 1.807) is 6.20 Å². The quantitative estimate of drug-likeness (QED) is 0.574. The van der Waals surface area contributed by atoms with Gasteiger partial charge in [0.2, 0.25) is 5.76 Å². The summed E-state index contributed by atoms with van der Waals surface area (Å²) in [5, 5.41) is 0. The van der Waals surface area contributed by atoms with Crippen molar-refractivity contribution in [1.29, 1.82) is 0 Å². The molecular weight excluding hydrogens is 388 g/mol. The normalized spacial score (nSPS) is 15.2. The second kappa shape index (κ2) is 9.88. The number of aryl methyl sites for hydroxylation is 2. The minimum atomic E-state index is -0.0961. The molecule has 3 aromatic rings. The lowest BCUT2D eigenvalue weighted by Crippen LogP contribution is -2.40. The number of aromatic nitrogens is 2. The molecule has 1 aromatic carbocycles. The molecule has 31 heavy (non-hydrogen) atoms. The van der Waals surface area contributed by atoms with Gasteiger partial charge in [-0.05, 0) is 68.5 Å². The van der Waals surface area contributed by atoms with Crippen molar-refractivity contribution in [1.82, 2.24) is 19.8 Å². The van der Waals surface area contributed by atoms with E-state index in [9.17, 15) is 4.79 Å². The van der Waals surface area contributed by atoms with Gasteiger partial charge in [0.15, 0.2) is 6.39 Å². The van der Waals surface area contributed by atoms with Crippen LogP contribution in [0.1, 0.15) is 45.8 Å². The van der Waals surface area contributed by atoms with Gasteiger partial charge in [-0.2, -0.15) is 0 Å². The number of piperidine rings is 1. The molecule has 2 aromatic heterocycles. The maximum atomic E-state index is 13.2. The molecule has 1 aliphatic heterocycles. The number of amides is 1. The first kappa shape index (κ1) is 21.2. The maximum Gasteiger partial charge on any atom is 0.291 e. The number of carbonyl (C=O) groups is 1. The van der Waals surface area contributed by atoms with Gasteiger partial charge in [-0.3, -0.25) is 14.7 Å².